The maximum Gasteiger partial charge on any atom is 0.311 e. The van der Waals surface area contributed by atoms with E-state index >= 15 is 0 Å². The highest BCUT2D eigenvalue weighted by molar-refractivity contribution is 6.41. The van der Waals surface area contributed by atoms with Crippen LogP contribution >= 0.6 is 23.2 Å². The molecule has 0 fully saturated rings. The van der Waals surface area contributed by atoms with Gasteiger partial charge in [-0.3, -0.25) is 9.59 Å². The number of methoxy groups -OCH3 is 2. The highest BCUT2D eigenvalue weighted by Crippen LogP contribution is 2.44. The fourth-order valence-corrected chi connectivity index (χ4v) is 3.06. The number of hydrogen-bond donors (Lipinski definition) is 0. The van der Waals surface area contributed by atoms with Crippen molar-refractivity contribution in [2.45, 2.75) is 20.3 Å². The summed E-state index contributed by atoms with van der Waals surface area (Å²) in [6, 6.07) is 6.39. The third-order valence-corrected chi connectivity index (χ3v) is 4.37. The van der Waals surface area contributed by atoms with E-state index in [9.17, 15) is 9.59 Å². The van der Waals surface area contributed by atoms with E-state index in [2.05, 4.69) is 0 Å². The van der Waals surface area contributed by atoms with Crippen molar-refractivity contribution in [2.24, 2.45) is 0 Å². The number of benzene rings is 2. The molecule has 0 N–H and O–H groups in total. The summed E-state index contributed by atoms with van der Waals surface area (Å²) in [4.78, 5) is 25.1. The molecule has 0 atom stereocenters. The molecule has 0 unspecified atom stereocenters. The Balaban J connectivity index is 2.78. The van der Waals surface area contributed by atoms with Crippen LogP contribution in [-0.4, -0.2) is 26.0 Å². The zero-order valence-electron chi connectivity index (χ0n) is 14.8. The third-order valence-electron chi connectivity index (χ3n) is 3.74. The summed E-state index contributed by atoms with van der Waals surface area (Å²) < 4.78 is 16.0. The van der Waals surface area contributed by atoms with Crippen LogP contribution in [0.2, 0.25) is 10.0 Å². The summed E-state index contributed by atoms with van der Waals surface area (Å²) in [6.07, 6.45) is 0.125. The van der Waals surface area contributed by atoms with Crippen LogP contribution in [0.3, 0.4) is 0 Å². The lowest BCUT2D eigenvalue weighted by atomic mass is 9.96. The second-order valence-corrected chi connectivity index (χ2v) is 6.20. The van der Waals surface area contributed by atoms with Gasteiger partial charge in [-0.1, -0.05) is 36.2 Å². The van der Waals surface area contributed by atoms with Crippen molar-refractivity contribution >= 4 is 35.0 Å². The molecule has 0 aliphatic heterocycles. The zero-order valence-corrected chi connectivity index (χ0v) is 16.3. The van der Waals surface area contributed by atoms with Gasteiger partial charge < -0.3 is 14.2 Å². The minimum absolute atomic E-state index is 0.0165. The van der Waals surface area contributed by atoms with E-state index in [1.807, 2.05) is 0 Å². The number of esters is 1. The van der Waals surface area contributed by atoms with Crippen molar-refractivity contribution in [3.8, 4) is 17.2 Å². The Kier molecular flexibility index (Phi) is 6.51. The summed E-state index contributed by atoms with van der Waals surface area (Å²) in [6.45, 7) is 3.34. The van der Waals surface area contributed by atoms with Crippen LogP contribution in [0.4, 0.5) is 0 Å². The smallest absolute Gasteiger partial charge is 0.311 e. The Bertz CT molecular complexity index is 841. The molecular formula is C19H18Cl2O5. The van der Waals surface area contributed by atoms with Crippen LogP contribution in [0.15, 0.2) is 24.3 Å². The Morgan fingerprint density at radius 1 is 1.00 bits per heavy atom. The molecule has 7 heteroatoms. The number of ketones is 1. The molecule has 26 heavy (non-hydrogen) atoms. The molecule has 0 radical (unpaired) electrons. The van der Waals surface area contributed by atoms with Crippen LogP contribution in [0, 0.1) is 6.92 Å². The van der Waals surface area contributed by atoms with Crippen molar-refractivity contribution in [3.63, 3.8) is 0 Å². The molecule has 0 aliphatic carbocycles. The van der Waals surface area contributed by atoms with Gasteiger partial charge >= 0.3 is 5.97 Å². The average molecular weight is 397 g/mol. The Hall–Kier alpha value is -2.24. The minimum Gasteiger partial charge on any atom is -0.493 e. The van der Waals surface area contributed by atoms with Gasteiger partial charge in [0.25, 0.3) is 0 Å². The average Bonchev–Trinajstić information content (AvgIpc) is 2.60. The maximum absolute atomic E-state index is 13.2. The molecular weight excluding hydrogens is 379 g/mol. The predicted octanol–water partition coefficient (Wildman–Crippen LogP) is 4.87. The van der Waals surface area contributed by atoms with Crippen molar-refractivity contribution in [1.82, 2.24) is 0 Å². The normalized spacial score (nSPS) is 10.4. The van der Waals surface area contributed by atoms with Gasteiger partial charge in [-0.25, -0.2) is 0 Å². The zero-order chi connectivity index (χ0) is 19.4. The number of carbonyl (C=O) groups is 2. The summed E-state index contributed by atoms with van der Waals surface area (Å²) in [7, 11) is 2.85. The fraction of sp³-hybridized carbons (Fsp3) is 0.263. The molecule has 0 bridgehead atoms. The summed E-state index contributed by atoms with van der Waals surface area (Å²) in [5, 5.41) is 0.397. The van der Waals surface area contributed by atoms with E-state index in [4.69, 9.17) is 37.4 Å². The Morgan fingerprint density at radius 2 is 1.62 bits per heavy atom. The van der Waals surface area contributed by atoms with E-state index in [1.54, 1.807) is 38.1 Å². The summed E-state index contributed by atoms with van der Waals surface area (Å²) in [5.74, 6) is -0.525. The quantitative estimate of drug-likeness (QED) is 0.396. The van der Waals surface area contributed by atoms with Crippen LogP contribution in [0.5, 0.6) is 17.2 Å². The Morgan fingerprint density at radius 3 is 2.12 bits per heavy atom. The maximum atomic E-state index is 13.2. The number of hydrogen-bond acceptors (Lipinski definition) is 5. The van der Waals surface area contributed by atoms with Gasteiger partial charge in [-0.15, -0.1) is 0 Å². The van der Waals surface area contributed by atoms with Gasteiger partial charge in [0.15, 0.2) is 17.3 Å². The van der Waals surface area contributed by atoms with Crippen molar-refractivity contribution in [3.05, 3.63) is 51.0 Å². The topological polar surface area (TPSA) is 61.8 Å². The lowest BCUT2D eigenvalue weighted by Gasteiger charge is -2.18. The molecule has 2 aromatic carbocycles. The second kappa shape index (κ2) is 8.43. The van der Waals surface area contributed by atoms with E-state index in [-0.39, 0.29) is 39.1 Å². The first-order chi connectivity index (χ1) is 12.3. The molecule has 0 saturated heterocycles. The van der Waals surface area contributed by atoms with E-state index in [0.717, 1.165) is 0 Å². The second-order valence-electron chi connectivity index (χ2n) is 5.39. The number of rotatable bonds is 6. The molecule has 0 aromatic heterocycles. The monoisotopic (exact) mass is 396 g/mol. The molecule has 0 amide bonds. The molecule has 0 heterocycles. The minimum atomic E-state index is -0.518. The van der Waals surface area contributed by atoms with Gasteiger partial charge in [0.2, 0.25) is 5.75 Å². The molecule has 5 nitrogen and oxygen atoms in total. The first-order valence-corrected chi connectivity index (χ1v) is 8.56. The van der Waals surface area contributed by atoms with Crippen LogP contribution in [0.25, 0.3) is 0 Å². The largest absolute Gasteiger partial charge is 0.493 e. The van der Waals surface area contributed by atoms with Crippen LogP contribution in [0.1, 0.15) is 34.8 Å². The van der Waals surface area contributed by atoms with Crippen molar-refractivity contribution in [1.29, 1.82) is 0 Å². The fourth-order valence-electron chi connectivity index (χ4n) is 2.49. The number of ether oxygens (including phenoxy) is 3. The molecule has 0 aliphatic rings. The van der Waals surface area contributed by atoms with Gasteiger partial charge in [-0.2, -0.15) is 0 Å². The predicted molar refractivity (Wildman–Crippen MR) is 100 cm³/mol. The highest BCUT2D eigenvalue weighted by Gasteiger charge is 2.28. The molecule has 2 aromatic rings. The van der Waals surface area contributed by atoms with Crippen molar-refractivity contribution in [2.75, 3.05) is 14.2 Å². The Labute approximate surface area is 161 Å². The number of halogens is 2. The highest BCUT2D eigenvalue weighted by atomic mass is 35.5. The summed E-state index contributed by atoms with van der Waals surface area (Å²) in [5.41, 5.74) is 0.793. The number of aryl methyl sites for hydroxylation is 1. The third kappa shape index (κ3) is 3.79. The molecule has 2 rings (SSSR count). The first-order valence-electron chi connectivity index (χ1n) is 7.80. The standard InChI is InChI=1S/C19H18Cl2O5/c1-5-14(22)26-19-15(10(2)9-13(24-3)18(19)25-4)17(23)16-11(20)7-6-8-12(16)21/h6-9H,5H2,1-4H3. The molecule has 138 valence electrons. The number of carbonyl (C=O) groups excluding carboxylic acids is 2. The van der Waals surface area contributed by atoms with Crippen LogP contribution in [-0.2, 0) is 4.79 Å². The lowest BCUT2D eigenvalue weighted by molar-refractivity contribution is -0.134. The van der Waals surface area contributed by atoms with Crippen LogP contribution < -0.4 is 14.2 Å². The van der Waals surface area contributed by atoms with Gasteiger partial charge in [0, 0.05) is 6.42 Å². The first kappa shape index (κ1) is 20.1. The van der Waals surface area contributed by atoms with Gasteiger partial charge in [-0.05, 0) is 30.7 Å². The van der Waals surface area contributed by atoms with Gasteiger partial charge in [0.1, 0.15) is 0 Å². The van der Waals surface area contributed by atoms with E-state index < -0.39 is 11.8 Å². The molecule has 0 spiro atoms. The van der Waals surface area contributed by atoms with E-state index in [0.29, 0.717) is 11.3 Å². The van der Waals surface area contributed by atoms with Gasteiger partial charge in [0.05, 0.1) is 35.4 Å². The summed E-state index contributed by atoms with van der Waals surface area (Å²) >= 11 is 12.4. The lowest BCUT2D eigenvalue weighted by Crippen LogP contribution is -2.14. The van der Waals surface area contributed by atoms with E-state index in [1.165, 1.54) is 14.2 Å². The SMILES string of the molecule is CCC(=O)Oc1c(OC)c(OC)cc(C)c1C(=O)c1c(Cl)cccc1Cl. The molecule has 0 saturated carbocycles. The van der Waals surface area contributed by atoms with Crippen molar-refractivity contribution < 1.29 is 23.8 Å².